The number of pyridine rings is 1. The van der Waals surface area contributed by atoms with E-state index in [-0.39, 0.29) is 6.10 Å². The molecule has 3 rings (SSSR count). The molecule has 156 valence electrons. The molecule has 0 aliphatic rings. The monoisotopic (exact) mass is 409 g/mol. The summed E-state index contributed by atoms with van der Waals surface area (Å²) in [6.07, 6.45) is -0.283. The average Bonchev–Trinajstić information content (AvgIpc) is 2.75. The summed E-state index contributed by atoms with van der Waals surface area (Å²) < 4.78 is 20.8. The van der Waals surface area contributed by atoms with Crippen LogP contribution in [0.25, 0.3) is 22.2 Å². The third-order valence-corrected chi connectivity index (χ3v) is 4.30. The largest absolute Gasteiger partial charge is 0.493 e. The van der Waals surface area contributed by atoms with Crippen LogP contribution in [0.2, 0.25) is 0 Å². The SMILES string of the molecule is COc1ccc(-c2cc(C(=O)OCC(=O)OC(C)C)c3ccccc3n2)cc1OC. The number of para-hydroxylation sites is 1. The molecule has 1 heterocycles. The van der Waals surface area contributed by atoms with E-state index in [1.54, 1.807) is 52.3 Å². The van der Waals surface area contributed by atoms with E-state index in [0.29, 0.717) is 33.7 Å². The van der Waals surface area contributed by atoms with Crippen molar-refractivity contribution in [2.75, 3.05) is 20.8 Å². The van der Waals surface area contributed by atoms with Gasteiger partial charge in [-0.25, -0.2) is 14.6 Å². The summed E-state index contributed by atoms with van der Waals surface area (Å²) in [5.74, 6) is -0.0938. The highest BCUT2D eigenvalue weighted by Crippen LogP contribution is 2.33. The standard InChI is InChI=1S/C23H23NO6/c1-14(2)30-22(25)13-29-23(26)17-12-19(24-18-8-6-5-7-16(17)18)15-9-10-20(27-3)21(11-15)28-4/h5-12,14H,13H2,1-4H3. The maximum atomic E-state index is 12.8. The second-order valence-electron chi connectivity index (χ2n) is 6.76. The smallest absolute Gasteiger partial charge is 0.344 e. The first kappa shape index (κ1) is 21.1. The van der Waals surface area contributed by atoms with Crippen molar-refractivity contribution in [2.45, 2.75) is 20.0 Å². The first-order valence-corrected chi connectivity index (χ1v) is 9.41. The van der Waals surface area contributed by atoms with E-state index in [1.807, 2.05) is 24.3 Å². The minimum absolute atomic E-state index is 0.283. The molecule has 1 aromatic heterocycles. The molecule has 0 atom stereocenters. The normalized spacial score (nSPS) is 10.7. The van der Waals surface area contributed by atoms with E-state index in [1.165, 1.54) is 0 Å². The zero-order valence-electron chi connectivity index (χ0n) is 17.3. The number of nitrogens with zero attached hydrogens (tertiary/aromatic N) is 1. The Hall–Kier alpha value is -3.61. The highest BCUT2D eigenvalue weighted by molar-refractivity contribution is 6.05. The molecule has 0 spiro atoms. The number of hydrogen-bond acceptors (Lipinski definition) is 7. The molecular formula is C23H23NO6. The van der Waals surface area contributed by atoms with Crippen LogP contribution in [0.1, 0.15) is 24.2 Å². The Bertz CT molecular complexity index is 1080. The van der Waals surface area contributed by atoms with Gasteiger partial charge in [0.15, 0.2) is 18.1 Å². The zero-order chi connectivity index (χ0) is 21.7. The molecule has 0 aliphatic heterocycles. The van der Waals surface area contributed by atoms with Crippen molar-refractivity contribution in [2.24, 2.45) is 0 Å². The Labute approximate surface area is 174 Å². The molecular weight excluding hydrogens is 386 g/mol. The molecule has 0 aliphatic carbocycles. The highest BCUT2D eigenvalue weighted by Gasteiger charge is 2.18. The number of fused-ring (bicyclic) bond motifs is 1. The first-order chi connectivity index (χ1) is 14.4. The average molecular weight is 409 g/mol. The minimum Gasteiger partial charge on any atom is -0.493 e. The van der Waals surface area contributed by atoms with Crippen LogP contribution in [0.3, 0.4) is 0 Å². The number of hydrogen-bond donors (Lipinski definition) is 0. The summed E-state index contributed by atoms with van der Waals surface area (Å²) >= 11 is 0. The second kappa shape index (κ2) is 9.26. The molecule has 0 fully saturated rings. The van der Waals surface area contributed by atoms with Crippen LogP contribution < -0.4 is 9.47 Å². The van der Waals surface area contributed by atoms with Gasteiger partial charge in [0, 0.05) is 10.9 Å². The number of aromatic nitrogens is 1. The number of methoxy groups -OCH3 is 2. The van der Waals surface area contributed by atoms with Gasteiger partial charge in [-0.05, 0) is 44.2 Å². The maximum absolute atomic E-state index is 12.8. The second-order valence-corrected chi connectivity index (χ2v) is 6.76. The number of rotatable bonds is 7. The van der Waals surface area contributed by atoms with Gasteiger partial charge in [-0.15, -0.1) is 0 Å². The predicted molar refractivity (Wildman–Crippen MR) is 112 cm³/mol. The van der Waals surface area contributed by atoms with E-state index >= 15 is 0 Å². The molecule has 7 heteroatoms. The lowest BCUT2D eigenvalue weighted by Crippen LogP contribution is -2.19. The lowest BCUT2D eigenvalue weighted by atomic mass is 10.0. The van der Waals surface area contributed by atoms with E-state index in [9.17, 15) is 9.59 Å². The molecule has 30 heavy (non-hydrogen) atoms. The Balaban J connectivity index is 1.99. The summed E-state index contributed by atoms with van der Waals surface area (Å²) in [5.41, 5.74) is 2.24. The fourth-order valence-electron chi connectivity index (χ4n) is 2.99. The molecule has 2 aromatic carbocycles. The van der Waals surface area contributed by atoms with Crippen LogP contribution in [-0.4, -0.2) is 43.9 Å². The molecule has 3 aromatic rings. The van der Waals surface area contributed by atoms with Crippen molar-refractivity contribution in [3.63, 3.8) is 0 Å². The van der Waals surface area contributed by atoms with Gasteiger partial charge in [0.2, 0.25) is 0 Å². The maximum Gasteiger partial charge on any atom is 0.344 e. The summed E-state index contributed by atoms with van der Waals surface area (Å²) in [6.45, 7) is 3.00. The Morgan fingerprint density at radius 2 is 1.70 bits per heavy atom. The van der Waals surface area contributed by atoms with Gasteiger partial charge in [-0.2, -0.15) is 0 Å². The highest BCUT2D eigenvalue weighted by atomic mass is 16.6. The van der Waals surface area contributed by atoms with Crippen LogP contribution in [0.4, 0.5) is 0 Å². The zero-order valence-corrected chi connectivity index (χ0v) is 17.3. The summed E-state index contributed by atoms with van der Waals surface area (Å²) in [6, 6.07) is 14.3. The molecule has 0 amide bonds. The molecule has 0 radical (unpaired) electrons. The summed E-state index contributed by atoms with van der Waals surface area (Å²) in [5, 5.41) is 0.629. The fraction of sp³-hybridized carbons (Fsp3) is 0.261. The summed E-state index contributed by atoms with van der Waals surface area (Å²) in [4.78, 5) is 29.1. The van der Waals surface area contributed by atoms with Crippen LogP contribution in [0, 0.1) is 0 Å². The third kappa shape index (κ3) is 4.68. The molecule has 0 N–H and O–H groups in total. The third-order valence-electron chi connectivity index (χ3n) is 4.30. The van der Waals surface area contributed by atoms with Crippen molar-refractivity contribution < 1.29 is 28.5 Å². The van der Waals surface area contributed by atoms with Gasteiger partial charge >= 0.3 is 11.9 Å². The Morgan fingerprint density at radius 3 is 2.40 bits per heavy atom. The molecule has 7 nitrogen and oxygen atoms in total. The number of esters is 2. The van der Waals surface area contributed by atoms with E-state index < -0.39 is 18.5 Å². The topological polar surface area (TPSA) is 84.0 Å². The van der Waals surface area contributed by atoms with Crippen molar-refractivity contribution in [1.82, 2.24) is 4.98 Å². The molecule has 0 saturated heterocycles. The Morgan fingerprint density at radius 1 is 0.967 bits per heavy atom. The first-order valence-electron chi connectivity index (χ1n) is 9.41. The van der Waals surface area contributed by atoms with Crippen molar-refractivity contribution in [3.8, 4) is 22.8 Å². The summed E-state index contributed by atoms with van der Waals surface area (Å²) in [7, 11) is 3.11. The van der Waals surface area contributed by atoms with Crippen molar-refractivity contribution in [1.29, 1.82) is 0 Å². The van der Waals surface area contributed by atoms with Crippen LogP contribution >= 0.6 is 0 Å². The van der Waals surface area contributed by atoms with Gasteiger partial charge in [0.05, 0.1) is 37.1 Å². The lowest BCUT2D eigenvalue weighted by Gasteiger charge is -2.12. The Kier molecular flexibility index (Phi) is 6.51. The number of ether oxygens (including phenoxy) is 4. The number of carbonyl (C=O) groups is 2. The number of benzene rings is 2. The van der Waals surface area contributed by atoms with Gasteiger partial charge < -0.3 is 18.9 Å². The van der Waals surface area contributed by atoms with E-state index in [4.69, 9.17) is 18.9 Å². The fourth-order valence-corrected chi connectivity index (χ4v) is 2.99. The molecule has 0 saturated carbocycles. The van der Waals surface area contributed by atoms with E-state index in [2.05, 4.69) is 4.98 Å². The predicted octanol–water partition coefficient (Wildman–Crippen LogP) is 4.03. The number of carbonyl (C=O) groups excluding carboxylic acids is 2. The quantitative estimate of drug-likeness (QED) is 0.545. The molecule has 0 unspecified atom stereocenters. The minimum atomic E-state index is -0.629. The van der Waals surface area contributed by atoms with Crippen LogP contribution in [0.15, 0.2) is 48.5 Å². The van der Waals surface area contributed by atoms with Gasteiger partial charge in [0.1, 0.15) is 0 Å². The molecule has 0 bridgehead atoms. The van der Waals surface area contributed by atoms with E-state index in [0.717, 1.165) is 5.56 Å². The van der Waals surface area contributed by atoms with Crippen LogP contribution in [0.5, 0.6) is 11.5 Å². The van der Waals surface area contributed by atoms with Crippen LogP contribution in [-0.2, 0) is 14.3 Å². The van der Waals surface area contributed by atoms with Gasteiger partial charge in [-0.1, -0.05) is 18.2 Å². The van der Waals surface area contributed by atoms with Gasteiger partial charge in [-0.3, -0.25) is 0 Å². The van der Waals surface area contributed by atoms with Gasteiger partial charge in [0.25, 0.3) is 0 Å². The van der Waals surface area contributed by atoms with Crippen molar-refractivity contribution in [3.05, 3.63) is 54.1 Å². The van der Waals surface area contributed by atoms with Crippen molar-refractivity contribution >= 4 is 22.8 Å². The lowest BCUT2D eigenvalue weighted by molar-refractivity contribution is -0.150.